The Morgan fingerprint density at radius 1 is 1.50 bits per heavy atom. The quantitative estimate of drug-likeness (QED) is 0.763. The highest BCUT2D eigenvalue weighted by Gasteiger charge is 2.14. The molecule has 0 atom stereocenters. The van der Waals surface area contributed by atoms with Crippen LogP contribution in [0.2, 0.25) is 5.02 Å². The molecule has 1 amide bonds. The minimum Gasteiger partial charge on any atom is -0.503 e. The largest absolute Gasteiger partial charge is 0.503 e. The zero-order chi connectivity index (χ0) is 13.3. The number of H-pyrrole nitrogens is 1. The molecule has 6 heteroatoms. The third-order valence-corrected chi connectivity index (χ3v) is 2.91. The number of carbonyl (C=O) groups is 1. The lowest BCUT2D eigenvalue weighted by molar-refractivity contribution is -0.119. The van der Waals surface area contributed by atoms with Crippen LogP contribution < -0.4 is 10.9 Å². The third-order valence-electron chi connectivity index (χ3n) is 2.67. The van der Waals surface area contributed by atoms with Crippen molar-refractivity contribution in [3.8, 4) is 5.75 Å². The van der Waals surface area contributed by atoms with Crippen LogP contribution >= 0.6 is 11.6 Å². The minimum atomic E-state index is -0.635. The van der Waals surface area contributed by atoms with E-state index in [4.69, 9.17) is 11.6 Å². The van der Waals surface area contributed by atoms with Gasteiger partial charge >= 0.3 is 0 Å². The molecule has 0 spiro atoms. The van der Waals surface area contributed by atoms with Gasteiger partial charge in [-0.15, -0.1) is 0 Å². The average Bonchev–Trinajstić information content (AvgIpc) is 2.34. The van der Waals surface area contributed by atoms with Crippen molar-refractivity contribution in [3.63, 3.8) is 0 Å². The molecule has 0 aliphatic heterocycles. The highest BCUT2D eigenvalue weighted by molar-refractivity contribution is 6.31. The summed E-state index contributed by atoms with van der Waals surface area (Å²) in [7, 11) is 1.49. The SMILES string of the molecule is CNC(=O)Cc1c(O)c(=O)[nH]c2cc(Cl)ccc12. The van der Waals surface area contributed by atoms with Crippen molar-refractivity contribution in [2.45, 2.75) is 6.42 Å². The summed E-state index contributed by atoms with van der Waals surface area (Å²) in [6.45, 7) is 0. The highest BCUT2D eigenvalue weighted by atomic mass is 35.5. The lowest BCUT2D eigenvalue weighted by Crippen LogP contribution is -2.21. The van der Waals surface area contributed by atoms with Crippen molar-refractivity contribution < 1.29 is 9.90 Å². The van der Waals surface area contributed by atoms with E-state index in [-0.39, 0.29) is 12.3 Å². The number of aromatic nitrogens is 1. The number of likely N-dealkylation sites (N-methyl/N-ethyl adjacent to an activating group) is 1. The number of benzene rings is 1. The van der Waals surface area contributed by atoms with Crippen LogP contribution in [0.25, 0.3) is 10.9 Å². The first-order valence-corrected chi connectivity index (χ1v) is 5.64. The number of fused-ring (bicyclic) bond motifs is 1. The maximum atomic E-state index is 11.6. The van der Waals surface area contributed by atoms with Crippen LogP contribution in [0.1, 0.15) is 5.56 Å². The van der Waals surface area contributed by atoms with E-state index in [2.05, 4.69) is 10.3 Å². The zero-order valence-corrected chi connectivity index (χ0v) is 10.3. The average molecular weight is 267 g/mol. The van der Waals surface area contributed by atoms with Gasteiger partial charge in [0, 0.05) is 23.0 Å². The van der Waals surface area contributed by atoms with Crippen LogP contribution in [-0.2, 0) is 11.2 Å². The number of nitrogens with one attached hydrogen (secondary N) is 2. The predicted octanol–water partition coefficient (Wildman–Crippen LogP) is 1.18. The number of pyridine rings is 1. The molecule has 0 radical (unpaired) electrons. The normalized spacial score (nSPS) is 10.6. The first kappa shape index (κ1) is 12.4. The maximum absolute atomic E-state index is 11.6. The first-order chi connectivity index (χ1) is 8.52. The van der Waals surface area contributed by atoms with E-state index in [1.165, 1.54) is 7.05 Å². The second kappa shape index (κ2) is 4.70. The Morgan fingerprint density at radius 2 is 2.22 bits per heavy atom. The summed E-state index contributed by atoms with van der Waals surface area (Å²) < 4.78 is 0. The molecule has 18 heavy (non-hydrogen) atoms. The maximum Gasteiger partial charge on any atom is 0.290 e. The number of carbonyl (C=O) groups excluding carboxylic acids is 1. The Labute approximate surface area is 107 Å². The number of amides is 1. The van der Waals surface area contributed by atoms with Gasteiger partial charge in [0.15, 0.2) is 5.75 Å². The fourth-order valence-electron chi connectivity index (χ4n) is 1.76. The fraction of sp³-hybridized carbons (Fsp3) is 0.167. The molecule has 0 aliphatic carbocycles. The number of halogens is 1. The number of hydrogen-bond acceptors (Lipinski definition) is 3. The molecule has 0 aliphatic rings. The van der Waals surface area contributed by atoms with E-state index in [0.717, 1.165) is 0 Å². The van der Waals surface area contributed by atoms with Crippen LogP contribution in [0.15, 0.2) is 23.0 Å². The van der Waals surface area contributed by atoms with E-state index in [0.29, 0.717) is 21.5 Å². The Hall–Kier alpha value is -2.01. The first-order valence-electron chi connectivity index (χ1n) is 5.27. The number of aromatic hydroxyl groups is 1. The number of aromatic amines is 1. The van der Waals surface area contributed by atoms with E-state index < -0.39 is 11.3 Å². The van der Waals surface area contributed by atoms with Gasteiger partial charge in [0.25, 0.3) is 5.56 Å². The van der Waals surface area contributed by atoms with E-state index in [9.17, 15) is 14.7 Å². The van der Waals surface area contributed by atoms with Crippen LogP contribution in [0, 0.1) is 0 Å². The number of rotatable bonds is 2. The standard InChI is InChI=1S/C12H11ClN2O3/c1-14-10(16)5-8-7-3-2-6(13)4-9(7)15-12(18)11(8)17/h2-4,17H,5H2,1H3,(H,14,16)(H,15,18). The van der Waals surface area contributed by atoms with Gasteiger partial charge in [-0.25, -0.2) is 0 Å². The van der Waals surface area contributed by atoms with E-state index in [1.54, 1.807) is 18.2 Å². The summed E-state index contributed by atoms with van der Waals surface area (Å²) in [6.07, 6.45) is -0.0651. The minimum absolute atomic E-state index is 0.0651. The molecule has 94 valence electrons. The molecule has 0 fully saturated rings. The third kappa shape index (κ3) is 2.17. The van der Waals surface area contributed by atoms with E-state index >= 15 is 0 Å². The molecule has 1 aromatic carbocycles. The summed E-state index contributed by atoms with van der Waals surface area (Å²) in [6, 6.07) is 4.87. The number of hydrogen-bond donors (Lipinski definition) is 3. The molecule has 2 aromatic rings. The van der Waals surface area contributed by atoms with Gasteiger partial charge in [-0.3, -0.25) is 9.59 Å². The van der Waals surface area contributed by atoms with Gasteiger partial charge in [-0.2, -0.15) is 0 Å². The van der Waals surface area contributed by atoms with Crippen molar-refractivity contribution in [1.82, 2.24) is 10.3 Å². The molecule has 0 saturated carbocycles. The van der Waals surface area contributed by atoms with Crippen molar-refractivity contribution in [2.24, 2.45) is 0 Å². The molecule has 1 heterocycles. The summed E-state index contributed by atoms with van der Waals surface area (Å²) in [5.74, 6) is -0.722. The highest BCUT2D eigenvalue weighted by Crippen LogP contribution is 2.25. The van der Waals surface area contributed by atoms with Crippen LogP contribution in [0.4, 0.5) is 0 Å². The van der Waals surface area contributed by atoms with Crippen LogP contribution in [0.3, 0.4) is 0 Å². The molecule has 1 aromatic heterocycles. The molecule has 5 nitrogen and oxygen atoms in total. The lowest BCUT2D eigenvalue weighted by atomic mass is 10.0. The second-order valence-electron chi connectivity index (χ2n) is 3.82. The Kier molecular flexibility index (Phi) is 3.25. The fourth-order valence-corrected chi connectivity index (χ4v) is 1.93. The van der Waals surface area contributed by atoms with Crippen molar-refractivity contribution in [1.29, 1.82) is 0 Å². The lowest BCUT2D eigenvalue weighted by Gasteiger charge is -2.08. The summed E-state index contributed by atoms with van der Waals surface area (Å²) in [5, 5.41) is 13.3. The Balaban J connectivity index is 2.72. The molecule has 0 saturated heterocycles. The predicted molar refractivity (Wildman–Crippen MR) is 69.0 cm³/mol. The van der Waals surface area contributed by atoms with Crippen molar-refractivity contribution in [3.05, 3.63) is 39.1 Å². The monoisotopic (exact) mass is 266 g/mol. The Morgan fingerprint density at radius 3 is 2.89 bits per heavy atom. The molecule has 0 bridgehead atoms. The summed E-state index contributed by atoms with van der Waals surface area (Å²) in [4.78, 5) is 25.5. The molecule has 2 rings (SSSR count). The molecule has 3 N–H and O–H groups in total. The van der Waals surface area contributed by atoms with Crippen molar-refractivity contribution in [2.75, 3.05) is 7.05 Å². The van der Waals surface area contributed by atoms with Crippen LogP contribution in [0.5, 0.6) is 5.75 Å². The smallest absolute Gasteiger partial charge is 0.290 e. The zero-order valence-electron chi connectivity index (χ0n) is 9.58. The van der Waals surface area contributed by atoms with E-state index in [1.807, 2.05) is 0 Å². The summed E-state index contributed by atoms with van der Waals surface area (Å²) in [5.41, 5.74) is 0.151. The molecular weight excluding hydrogens is 256 g/mol. The summed E-state index contributed by atoms with van der Waals surface area (Å²) >= 11 is 5.83. The van der Waals surface area contributed by atoms with Gasteiger partial charge in [-0.1, -0.05) is 17.7 Å². The molecule has 0 unspecified atom stereocenters. The van der Waals surface area contributed by atoms with Gasteiger partial charge in [0.05, 0.1) is 11.9 Å². The van der Waals surface area contributed by atoms with Crippen LogP contribution in [-0.4, -0.2) is 23.0 Å². The van der Waals surface area contributed by atoms with Crippen molar-refractivity contribution >= 4 is 28.4 Å². The van der Waals surface area contributed by atoms with Gasteiger partial charge < -0.3 is 15.4 Å². The second-order valence-corrected chi connectivity index (χ2v) is 4.26. The topological polar surface area (TPSA) is 82.2 Å². The Bertz CT molecular complexity index is 679. The van der Waals surface area contributed by atoms with Gasteiger partial charge in [0.1, 0.15) is 0 Å². The molecular formula is C12H11ClN2O3. The van der Waals surface area contributed by atoms with Gasteiger partial charge in [-0.05, 0) is 12.1 Å². The van der Waals surface area contributed by atoms with Gasteiger partial charge in [0.2, 0.25) is 5.91 Å².